The average Bonchev–Trinajstić information content (AvgIpc) is 2.91. The smallest absolute Gasteiger partial charge is 0.0830 e. The van der Waals surface area contributed by atoms with Gasteiger partial charge in [-0.25, -0.2) is 0 Å². The first-order valence-electron chi connectivity index (χ1n) is 7.60. The van der Waals surface area contributed by atoms with Gasteiger partial charge < -0.3 is 5.11 Å². The highest BCUT2D eigenvalue weighted by Gasteiger charge is 2.15. The minimum atomic E-state index is -0.435. The number of rotatable bonds is 3. The number of aryl methyl sites for hydroxylation is 4. The topological polar surface area (TPSA) is 20.2 Å². The Morgan fingerprint density at radius 3 is 2.43 bits per heavy atom. The number of halogens is 1. The molecule has 2 aromatic rings. The van der Waals surface area contributed by atoms with Crippen molar-refractivity contribution in [3.8, 4) is 0 Å². The Balaban J connectivity index is 1.81. The zero-order valence-electron chi connectivity index (χ0n) is 12.6. The van der Waals surface area contributed by atoms with E-state index in [9.17, 15) is 5.11 Å². The molecule has 0 aromatic heterocycles. The van der Waals surface area contributed by atoms with E-state index in [2.05, 4.69) is 60.1 Å². The highest BCUT2D eigenvalue weighted by atomic mass is 79.9. The van der Waals surface area contributed by atoms with E-state index in [0.29, 0.717) is 6.42 Å². The van der Waals surface area contributed by atoms with Crippen LogP contribution < -0.4 is 0 Å². The summed E-state index contributed by atoms with van der Waals surface area (Å²) in [5.74, 6) is 0. The third kappa shape index (κ3) is 3.07. The summed E-state index contributed by atoms with van der Waals surface area (Å²) in [6, 6.07) is 10.8. The molecule has 0 amide bonds. The van der Waals surface area contributed by atoms with Crippen molar-refractivity contribution < 1.29 is 5.11 Å². The fourth-order valence-corrected chi connectivity index (χ4v) is 3.49. The van der Waals surface area contributed by atoms with Crippen LogP contribution in [0.2, 0.25) is 0 Å². The van der Waals surface area contributed by atoms with Gasteiger partial charge in [0.25, 0.3) is 0 Å². The normalized spacial score (nSPS) is 15.0. The van der Waals surface area contributed by atoms with Gasteiger partial charge in [-0.3, -0.25) is 0 Å². The Morgan fingerprint density at radius 1 is 1.05 bits per heavy atom. The molecule has 3 rings (SSSR count). The second kappa shape index (κ2) is 5.94. The van der Waals surface area contributed by atoms with Crippen molar-refractivity contribution in [2.24, 2.45) is 0 Å². The van der Waals surface area contributed by atoms with Gasteiger partial charge in [0.1, 0.15) is 0 Å². The summed E-state index contributed by atoms with van der Waals surface area (Å²) in [7, 11) is 0. The summed E-state index contributed by atoms with van der Waals surface area (Å²) in [6.45, 7) is 4.14. The average molecular weight is 345 g/mol. The molecule has 1 nitrogen and oxygen atoms in total. The first kappa shape index (κ1) is 14.8. The third-order valence-electron chi connectivity index (χ3n) is 4.44. The zero-order valence-corrected chi connectivity index (χ0v) is 14.2. The van der Waals surface area contributed by atoms with Crippen LogP contribution in [0, 0.1) is 13.8 Å². The first-order valence-corrected chi connectivity index (χ1v) is 8.39. The second-order valence-electron chi connectivity index (χ2n) is 6.15. The van der Waals surface area contributed by atoms with Gasteiger partial charge in [-0.15, -0.1) is 0 Å². The van der Waals surface area contributed by atoms with E-state index in [1.165, 1.54) is 47.1 Å². The Bertz CT molecular complexity index is 652. The van der Waals surface area contributed by atoms with Crippen molar-refractivity contribution in [3.63, 3.8) is 0 Å². The second-order valence-corrected chi connectivity index (χ2v) is 6.94. The number of aliphatic hydroxyl groups is 1. The molecule has 0 saturated carbocycles. The van der Waals surface area contributed by atoms with E-state index in [1.807, 2.05) is 0 Å². The molecule has 2 heteroatoms. The molecule has 1 aliphatic carbocycles. The Morgan fingerprint density at radius 2 is 1.71 bits per heavy atom. The zero-order chi connectivity index (χ0) is 15.0. The fraction of sp³-hybridized carbons (Fsp3) is 0.368. The SMILES string of the molecule is Cc1cc(C(O)Cc2ccc3c(c2)CCC3)cc(C)c1Br. The number of fused-ring (bicyclic) bond motifs is 1. The lowest BCUT2D eigenvalue weighted by Gasteiger charge is -2.15. The lowest BCUT2D eigenvalue weighted by molar-refractivity contribution is 0.178. The maximum absolute atomic E-state index is 10.5. The van der Waals surface area contributed by atoms with Crippen LogP contribution in [0.3, 0.4) is 0 Å². The molecular weight excluding hydrogens is 324 g/mol. The minimum Gasteiger partial charge on any atom is -0.388 e. The summed E-state index contributed by atoms with van der Waals surface area (Å²) in [4.78, 5) is 0. The standard InChI is InChI=1S/C19H21BrO/c1-12-8-17(9-13(2)19(12)20)18(21)11-14-6-7-15-4-3-5-16(15)10-14/h6-10,18,21H,3-5,11H2,1-2H3. The molecule has 0 heterocycles. The van der Waals surface area contributed by atoms with Crippen molar-refractivity contribution >= 4 is 15.9 Å². The third-order valence-corrected chi connectivity index (χ3v) is 5.69. The van der Waals surface area contributed by atoms with E-state index in [0.717, 1.165) is 10.0 Å². The number of benzene rings is 2. The molecule has 21 heavy (non-hydrogen) atoms. The van der Waals surface area contributed by atoms with Crippen LogP contribution in [0.1, 0.15) is 45.9 Å². The van der Waals surface area contributed by atoms with Gasteiger partial charge in [0.15, 0.2) is 0 Å². The van der Waals surface area contributed by atoms with Crippen molar-refractivity contribution in [2.75, 3.05) is 0 Å². The predicted molar refractivity (Wildman–Crippen MR) is 90.7 cm³/mol. The maximum atomic E-state index is 10.5. The molecule has 1 atom stereocenters. The van der Waals surface area contributed by atoms with Crippen molar-refractivity contribution in [1.29, 1.82) is 0 Å². The van der Waals surface area contributed by atoms with Crippen LogP contribution in [0.4, 0.5) is 0 Å². The van der Waals surface area contributed by atoms with Crippen molar-refractivity contribution in [3.05, 3.63) is 68.2 Å². The molecule has 0 saturated heterocycles. The van der Waals surface area contributed by atoms with Gasteiger partial charge in [-0.2, -0.15) is 0 Å². The van der Waals surface area contributed by atoms with E-state index in [-0.39, 0.29) is 0 Å². The largest absolute Gasteiger partial charge is 0.388 e. The summed E-state index contributed by atoms with van der Waals surface area (Å²) in [6.07, 6.45) is 3.93. The molecule has 0 spiro atoms. The summed E-state index contributed by atoms with van der Waals surface area (Å²) in [5.41, 5.74) is 7.57. The van der Waals surface area contributed by atoms with Gasteiger partial charge in [0.05, 0.1) is 6.10 Å². The molecule has 2 aromatic carbocycles. The molecule has 0 radical (unpaired) electrons. The minimum absolute atomic E-state index is 0.435. The summed E-state index contributed by atoms with van der Waals surface area (Å²) < 4.78 is 1.14. The van der Waals surface area contributed by atoms with Crippen LogP contribution in [-0.4, -0.2) is 5.11 Å². The van der Waals surface area contributed by atoms with Gasteiger partial charge >= 0.3 is 0 Å². The summed E-state index contributed by atoms with van der Waals surface area (Å²) >= 11 is 3.58. The molecule has 0 bridgehead atoms. The molecule has 1 N–H and O–H groups in total. The predicted octanol–water partition coefficient (Wildman–Crippen LogP) is 4.83. The number of hydrogen-bond acceptors (Lipinski definition) is 1. The van der Waals surface area contributed by atoms with Crippen LogP contribution >= 0.6 is 15.9 Å². The lowest BCUT2D eigenvalue weighted by atomic mass is 9.96. The molecule has 1 aliphatic rings. The lowest BCUT2D eigenvalue weighted by Crippen LogP contribution is -2.03. The van der Waals surface area contributed by atoms with Gasteiger partial charge in [0, 0.05) is 10.9 Å². The van der Waals surface area contributed by atoms with E-state index in [1.54, 1.807) is 0 Å². The van der Waals surface area contributed by atoms with Gasteiger partial charge in [-0.05, 0) is 66.5 Å². The van der Waals surface area contributed by atoms with Gasteiger partial charge in [0.2, 0.25) is 0 Å². The molecular formula is C19H21BrO. The molecule has 0 aliphatic heterocycles. The van der Waals surface area contributed by atoms with Crippen LogP contribution in [0.25, 0.3) is 0 Å². The van der Waals surface area contributed by atoms with E-state index >= 15 is 0 Å². The first-order chi connectivity index (χ1) is 10.0. The Kier molecular flexibility index (Phi) is 4.19. The highest BCUT2D eigenvalue weighted by Crippen LogP contribution is 2.29. The Labute approximate surface area is 135 Å². The fourth-order valence-electron chi connectivity index (χ4n) is 3.27. The molecule has 1 unspecified atom stereocenters. The monoisotopic (exact) mass is 344 g/mol. The van der Waals surface area contributed by atoms with Crippen LogP contribution in [0.15, 0.2) is 34.8 Å². The molecule has 110 valence electrons. The molecule has 0 fully saturated rings. The number of aliphatic hydroxyl groups excluding tert-OH is 1. The van der Waals surface area contributed by atoms with Crippen LogP contribution in [-0.2, 0) is 19.3 Å². The van der Waals surface area contributed by atoms with Crippen LogP contribution in [0.5, 0.6) is 0 Å². The highest BCUT2D eigenvalue weighted by molar-refractivity contribution is 9.10. The number of hydrogen-bond donors (Lipinski definition) is 1. The Hall–Kier alpha value is -1.12. The van der Waals surface area contributed by atoms with Crippen molar-refractivity contribution in [2.45, 2.75) is 45.6 Å². The van der Waals surface area contributed by atoms with E-state index < -0.39 is 6.10 Å². The van der Waals surface area contributed by atoms with Gasteiger partial charge in [-0.1, -0.05) is 46.3 Å². The van der Waals surface area contributed by atoms with E-state index in [4.69, 9.17) is 0 Å². The van der Waals surface area contributed by atoms with Crippen molar-refractivity contribution in [1.82, 2.24) is 0 Å². The summed E-state index contributed by atoms with van der Waals surface area (Å²) in [5, 5.41) is 10.5. The quantitative estimate of drug-likeness (QED) is 0.845. The maximum Gasteiger partial charge on any atom is 0.0830 e.